The molecule has 0 amide bonds. The maximum absolute atomic E-state index is 4.31. The lowest BCUT2D eigenvalue weighted by atomic mass is 10.1. The summed E-state index contributed by atoms with van der Waals surface area (Å²) in [6.07, 6.45) is 12.3. The van der Waals surface area contributed by atoms with E-state index in [0.29, 0.717) is 0 Å². The minimum Gasteiger partial charge on any atom is -0.261 e. The third-order valence-electron chi connectivity index (χ3n) is 1.75. The van der Waals surface area contributed by atoms with Crippen molar-refractivity contribution in [1.82, 2.24) is 0 Å². The molecule has 1 heteroatoms. The number of hydrogen-bond donors (Lipinski definition) is 0. The molecule has 1 nitrogen and oxygen atoms in total. The van der Waals surface area contributed by atoms with Gasteiger partial charge in [-0.25, -0.2) is 0 Å². The summed E-state index contributed by atoms with van der Waals surface area (Å²) >= 11 is 0. The predicted molar refractivity (Wildman–Crippen MR) is 54.4 cm³/mol. The molecule has 0 unspecified atom stereocenters. The van der Waals surface area contributed by atoms with Crippen molar-refractivity contribution in [2.75, 3.05) is 0 Å². The van der Waals surface area contributed by atoms with Crippen LogP contribution in [0.5, 0.6) is 0 Å². The zero-order chi connectivity index (χ0) is 8.81. The largest absolute Gasteiger partial charge is 0.261 e. The topological polar surface area (TPSA) is 12.4 Å². The van der Waals surface area contributed by atoms with E-state index in [1.807, 2.05) is 6.20 Å². The van der Waals surface area contributed by atoms with Gasteiger partial charge in [-0.05, 0) is 19.4 Å². The van der Waals surface area contributed by atoms with Crippen LogP contribution in [0.1, 0.15) is 26.7 Å². The molecule has 0 N–H and O–H groups in total. The molecule has 0 aromatic heterocycles. The summed E-state index contributed by atoms with van der Waals surface area (Å²) in [5.74, 6) is 0. The second-order valence-corrected chi connectivity index (χ2v) is 2.90. The van der Waals surface area contributed by atoms with Gasteiger partial charge in [-0.3, -0.25) is 4.99 Å². The van der Waals surface area contributed by atoms with Crippen molar-refractivity contribution in [2.24, 2.45) is 4.99 Å². The molecule has 1 rings (SSSR count). The van der Waals surface area contributed by atoms with Gasteiger partial charge < -0.3 is 0 Å². The highest BCUT2D eigenvalue weighted by molar-refractivity contribution is 5.97. The van der Waals surface area contributed by atoms with Crippen molar-refractivity contribution in [2.45, 2.75) is 26.7 Å². The summed E-state index contributed by atoms with van der Waals surface area (Å²) in [6, 6.07) is 0. The first-order chi connectivity index (χ1) is 5.83. The third-order valence-corrected chi connectivity index (χ3v) is 1.75. The van der Waals surface area contributed by atoms with E-state index in [1.54, 1.807) is 0 Å². The van der Waals surface area contributed by atoms with E-state index in [1.165, 1.54) is 5.57 Å². The Morgan fingerprint density at radius 1 is 1.50 bits per heavy atom. The number of nitrogens with zero attached hydrogens (tertiary/aromatic N) is 1. The average Bonchev–Trinajstić information content (AvgIpc) is 2.09. The summed E-state index contributed by atoms with van der Waals surface area (Å²) < 4.78 is 0. The van der Waals surface area contributed by atoms with Crippen LogP contribution in [-0.2, 0) is 0 Å². The Kier molecular flexibility index (Phi) is 3.52. The molecule has 0 aliphatic heterocycles. The van der Waals surface area contributed by atoms with E-state index in [-0.39, 0.29) is 0 Å². The Balaban J connectivity index is 2.52. The van der Waals surface area contributed by atoms with Gasteiger partial charge in [0.25, 0.3) is 0 Å². The van der Waals surface area contributed by atoms with Gasteiger partial charge in [-0.15, -0.1) is 0 Å². The molecule has 0 bridgehead atoms. The smallest absolute Gasteiger partial charge is 0.0441 e. The van der Waals surface area contributed by atoms with Crippen molar-refractivity contribution < 1.29 is 0 Å². The minimum absolute atomic E-state index is 0.969. The number of hydrogen-bond acceptors (Lipinski definition) is 1. The fraction of sp³-hybridized carbons (Fsp3) is 0.364. The Morgan fingerprint density at radius 3 is 2.92 bits per heavy atom. The highest BCUT2D eigenvalue weighted by Gasteiger charge is 1.96. The average molecular weight is 161 g/mol. The monoisotopic (exact) mass is 161 g/mol. The molecule has 1 aliphatic carbocycles. The van der Waals surface area contributed by atoms with Gasteiger partial charge in [0.05, 0.1) is 0 Å². The van der Waals surface area contributed by atoms with Crippen LogP contribution in [0.4, 0.5) is 0 Å². The van der Waals surface area contributed by atoms with Gasteiger partial charge in [-0.2, -0.15) is 0 Å². The molecule has 12 heavy (non-hydrogen) atoms. The van der Waals surface area contributed by atoms with Crippen LogP contribution in [0.15, 0.2) is 41.1 Å². The lowest BCUT2D eigenvalue weighted by Crippen LogP contribution is -1.95. The quantitative estimate of drug-likeness (QED) is 0.589. The van der Waals surface area contributed by atoms with E-state index in [4.69, 9.17) is 0 Å². The summed E-state index contributed by atoms with van der Waals surface area (Å²) in [4.78, 5) is 4.31. The van der Waals surface area contributed by atoms with Crippen LogP contribution in [0.3, 0.4) is 0 Å². The molecule has 0 spiro atoms. The van der Waals surface area contributed by atoms with E-state index >= 15 is 0 Å². The van der Waals surface area contributed by atoms with Crippen LogP contribution < -0.4 is 0 Å². The molecule has 64 valence electrons. The van der Waals surface area contributed by atoms with E-state index in [0.717, 1.165) is 18.6 Å². The van der Waals surface area contributed by atoms with Crippen molar-refractivity contribution >= 4 is 5.71 Å². The van der Waals surface area contributed by atoms with Gasteiger partial charge in [0.15, 0.2) is 0 Å². The van der Waals surface area contributed by atoms with Crippen molar-refractivity contribution in [3.05, 3.63) is 36.1 Å². The molecule has 0 aromatic carbocycles. The van der Waals surface area contributed by atoms with E-state index in [2.05, 4.69) is 43.1 Å². The van der Waals surface area contributed by atoms with E-state index < -0.39 is 0 Å². The lowest BCUT2D eigenvalue weighted by Gasteiger charge is -2.02. The van der Waals surface area contributed by atoms with Gasteiger partial charge in [0, 0.05) is 18.3 Å². The maximum Gasteiger partial charge on any atom is 0.0441 e. The second kappa shape index (κ2) is 4.70. The van der Waals surface area contributed by atoms with Gasteiger partial charge in [0.2, 0.25) is 0 Å². The highest BCUT2D eigenvalue weighted by atomic mass is 14.7. The number of allylic oxidation sites excluding steroid dienone is 5. The zero-order valence-electron chi connectivity index (χ0n) is 7.75. The first-order valence-corrected chi connectivity index (χ1v) is 4.39. The van der Waals surface area contributed by atoms with Crippen LogP contribution in [0, 0.1) is 0 Å². The zero-order valence-corrected chi connectivity index (χ0v) is 7.75. The Bertz CT molecular complexity index is 254. The van der Waals surface area contributed by atoms with Crippen LogP contribution in [0.2, 0.25) is 0 Å². The molecule has 0 heterocycles. The predicted octanol–water partition coefficient (Wildman–Crippen LogP) is 3.26. The van der Waals surface area contributed by atoms with Crippen molar-refractivity contribution in [1.29, 1.82) is 0 Å². The Hall–Kier alpha value is -1.11. The van der Waals surface area contributed by atoms with Crippen molar-refractivity contribution in [3.8, 4) is 0 Å². The second-order valence-electron chi connectivity index (χ2n) is 2.90. The summed E-state index contributed by atoms with van der Waals surface area (Å²) in [6.45, 7) is 4.21. The molecule has 0 saturated carbocycles. The maximum atomic E-state index is 4.31. The minimum atomic E-state index is 0.969. The van der Waals surface area contributed by atoms with Crippen LogP contribution in [-0.4, -0.2) is 5.71 Å². The van der Waals surface area contributed by atoms with Crippen LogP contribution >= 0.6 is 0 Å². The summed E-state index contributed by atoms with van der Waals surface area (Å²) in [7, 11) is 0. The first-order valence-electron chi connectivity index (χ1n) is 4.39. The molecule has 0 fully saturated rings. The molecule has 1 aliphatic rings. The first kappa shape index (κ1) is 8.98. The fourth-order valence-electron chi connectivity index (χ4n) is 0.979. The third kappa shape index (κ3) is 2.87. The lowest BCUT2D eigenvalue weighted by molar-refractivity contribution is 1.21. The molecule has 0 aromatic rings. The number of rotatable bonds is 2. The van der Waals surface area contributed by atoms with E-state index in [9.17, 15) is 0 Å². The van der Waals surface area contributed by atoms with Gasteiger partial charge in [-0.1, -0.05) is 30.7 Å². The van der Waals surface area contributed by atoms with Crippen molar-refractivity contribution in [3.63, 3.8) is 0 Å². The molecule has 0 saturated heterocycles. The summed E-state index contributed by atoms with van der Waals surface area (Å²) in [5.41, 5.74) is 2.47. The van der Waals surface area contributed by atoms with Gasteiger partial charge in [0.1, 0.15) is 0 Å². The molecular weight excluding hydrogens is 146 g/mol. The molecule has 0 radical (unpaired) electrons. The molecular formula is C11H15N. The number of aliphatic imine (C=N–C) groups is 1. The van der Waals surface area contributed by atoms with Crippen LogP contribution in [0.25, 0.3) is 0 Å². The highest BCUT2D eigenvalue weighted by Crippen LogP contribution is 2.07. The Morgan fingerprint density at radius 2 is 2.33 bits per heavy atom. The van der Waals surface area contributed by atoms with Gasteiger partial charge >= 0.3 is 0 Å². The Labute approximate surface area is 74.2 Å². The molecule has 0 atom stereocenters. The SMILES string of the molecule is CC/C=C\N=C1\C=CC(C)=CC1. The normalized spacial score (nSPS) is 20.5. The fourth-order valence-corrected chi connectivity index (χ4v) is 0.979. The summed E-state index contributed by atoms with van der Waals surface area (Å²) in [5, 5.41) is 0. The standard InChI is InChI=1S/C11H15N/c1-3-4-9-12-11-7-5-10(2)6-8-11/h4-7,9H,3,8H2,1-2H3/b9-4-,12-11-.